The number of aryl methyl sites for hydroxylation is 1. The van der Waals surface area contributed by atoms with Crippen LogP contribution in [-0.2, 0) is 0 Å². The largest absolute Gasteiger partial charge is 0.373 e. The molecule has 1 aromatic carbocycles. The van der Waals surface area contributed by atoms with E-state index >= 15 is 0 Å². The highest BCUT2D eigenvalue weighted by atomic mass is 35.5. The van der Waals surface area contributed by atoms with Gasteiger partial charge in [-0.3, -0.25) is 4.79 Å². The molecule has 1 amide bonds. The Kier molecular flexibility index (Phi) is 5.46. The number of benzene rings is 1. The summed E-state index contributed by atoms with van der Waals surface area (Å²) in [6.45, 7) is 1.87. The van der Waals surface area contributed by atoms with Crippen molar-refractivity contribution in [2.75, 3.05) is 32.2 Å². The number of nitrogen functional groups attached to an aromatic ring is 1. The van der Waals surface area contributed by atoms with E-state index in [1.165, 1.54) is 4.90 Å². The van der Waals surface area contributed by atoms with Crippen LogP contribution in [0, 0.1) is 6.92 Å². The lowest BCUT2D eigenvalue weighted by molar-refractivity contribution is 0.0828. The maximum absolute atomic E-state index is 12.3. The molecule has 0 saturated carbocycles. The number of anilines is 2. The summed E-state index contributed by atoms with van der Waals surface area (Å²) in [5.74, 6) is 0.761. The number of amides is 1. The first-order chi connectivity index (χ1) is 13.3. The van der Waals surface area contributed by atoms with Gasteiger partial charge in [0, 0.05) is 44.0 Å². The molecule has 0 spiro atoms. The van der Waals surface area contributed by atoms with Crippen LogP contribution in [0.15, 0.2) is 36.5 Å². The predicted molar refractivity (Wildman–Crippen MR) is 112 cm³/mol. The summed E-state index contributed by atoms with van der Waals surface area (Å²) in [6.07, 6.45) is 1.75. The minimum Gasteiger partial charge on any atom is -0.373 e. The third-order valence-electron chi connectivity index (χ3n) is 4.29. The van der Waals surface area contributed by atoms with Crippen molar-refractivity contribution in [2.24, 2.45) is 0 Å². The lowest BCUT2D eigenvalue weighted by Crippen LogP contribution is -2.21. The van der Waals surface area contributed by atoms with Gasteiger partial charge in [0.2, 0.25) is 5.95 Å². The number of hydrogen-bond acceptors (Lipinski definition) is 6. The standard InChI is InChI=1S/C20H21ClN6O/c1-11-17(13-6-8-16(23-2)24-10-13)18(26-20(22)25-11)12-5-7-14(15(21)9-12)19(28)27(3)4/h5-10H,1-4H3,(H,23,24)(H2,22,25,26). The van der Waals surface area contributed by atoms with Gasteiger partial charge in [0.15, 0.2) is 0 Å². The number of nitrogens with zero attached hydrogens (tertiary/aromatic N) is 4. The van der Waals surface area contributed by atoms with Crippen LogP contribution in [0.5, 0.6) is 0 Å². The van der Waals surface area contributed by atoms with Gasteiger partial charge in [0.05, 0.1) is 22.0 Å². The van der Waals surface area contributed by atoms with E-state index in [2.05, 4.69) is 20.3 Å². The smallest absolute Gasteiger partial charge is 0.254 e. The lowest BCUT2D eigenvalue weighted by atomic mass is 9.98. The van der Waals surface area contributed by atoms with Crippen molar-refractivity contribution in [3.63, 3.8) is 0 Å². The van der Waals surface area contributed by atoms with E-state index in [9.17, 15) is 4.79 Å². The van der Waals surface area contributed by atoms with Gasteiger partial charge in [-0.2, -0.15) is 0 Å². The maximum Gasteiger partial charge on any atom is 0.254 e. The van der Waals surface area contributed by atoms with Crippen LogP contribution in [0.2, 0.25) is 5.02 Å². The number of aromatic nitrogens is 3. The van der Waals surface area contributed by atoms with E-state index in [1.54, 1.807) is 32.4 Å². The molecule has 3 rings (SSSR count). The quantitative estimate of drug-likeness (QED) is 0.700. The number of carbonyl (C=O) groups is 1. The second kappa shape index (κ2) is 7.82. The number of carbonyl (C=O) groups excluding carboxylic acids is 1. The van der Waals surface area contributed by atoms with Crippen molar-refractivity contribution in [3.05, 3.63) is 52.8 Å². The summed E-state index contributed by atoms with van der Waals surface area (Å²) in [4.78, 5) is 26.8. The number of rotatable bonds is 4. The molecule has 2 heterocycles. The Bertz CT molecular complexity index is 1030. The second-order valence-electron chi connectivity index (χ2n) is 6.47. The fourth-order valence-corrected chi connectivity index (χ4v) is 3.18. The molecule has 28 heavy (non-hydrogen) atoms. The van der Waals surface area contributed by atoms with Crippen molar-refractivity contribution in [1.82, 2.24) is 19.9 Å². The first-order valence-corrected chi connectivity index (χ1v) is 8.99. The Hall–Kier alpha value is -3.19. The number of nitrogens with two attached hydrogens (primary N) is 1. The van der Waals surface area contributed by atoms with Gasteiger partial charge in [0.1, 0.15) is 5.82 Å². The zero-order chi connectivity index (χ0) is 20.4. The van der Waals surface area contributed by atoms with E-state index in [0.29, 0.717) is 16.3 Å². The molecule has 7 nitrogen and oxygen atoms in total. The molecule has 144 valence electrons. The van der Waals surface area contributed by atoms with Gasteiger partial charge in [-0.1, -0.05) is 17.7 Å². The Morgan fingerprint density at radius 1 is 1.14 bits per heavy atom. The normalized spacial score (nSPS) is 10.6. The SMILES string of the molecule is CNc1ccc(-c2c(C)nc(N)nc2-c2ccc(C(=O)N(C)C)c(Cl)c2)cn1. The summed E-state index contributed by atoms with van der Waals surface area (Å²) in [5, 5.41) is 3.34. The van der Waals surface area contributed by atoms with Crippen LogP contribution in [0.3, 0.4) is 0 Å². The van der Waals surface area contributed by atoms with Crippen molar-refractivity contribution >= 4 is 29.3 Å². The molecule has 8 heteroatoms. The first-order valence-electron chi connectivity index (χ1n) is 8.61. The summed E-state index contributed by atoms with van der Waals surface area (Å²) in [5.41, 5.74) is 10.1. The Balaban J connectivity index is 2.16. The molecule has 0 aliphatic rings. The van der Waals surface area contributed by atoms with Crippen molar-refractivity contribution in [1.29, 1.82) is 0 Å². The molecule has 0 aliphatic carbocycles. The predicted octanol–water partition coefficient (Wildman–Crippen LogP) is 3.49. The van der Waals surface area contributed by atoms with Crippen molar-refractivity contribution < 1.29 is 4.79 Å². The molecular weight excluding hydrogens is 376 g/mol. The number of nitrogens with one attached hydrogen (secondary N) is 1. The molecule has 0 atom stereocenters. The molecule has 0 unspecified atom stereocenters. The van der Waals surface area contributed by atoms with E-state index in [0.717, 1.165) is 28.2 Å². The van der Waals surface area contributed by atoms with E-state index in [1.807, 2.05) is 32.2 Å². The summed E-state index contributed by atoms with van der Waals surface area (Å²) in [6, 6.07) is 9.04. The Morgan fingerprint density at radius 2 is 1.86 bits per heavy atom. The zero-order valence-corrected chi connectivity index (χ0v) is 16.9. The average Bonchev–Trinajstić information content (AvgIpc) is 2.67. The second-order valence-corrected chi connectivity index (χ2v) is 6.87. The van der Waals surface area contributed by atoms with E-state index < -0.39 is 0 Å². The van der Waals surface area contributed by atoms with Crippen LogP contribution in [-0.4, -0.2) is 46.9 Å². The number of halogens is 1. The molecule has 2 aromatic heterocycles. The summed E-state index contributed by atoms with van der Waals surface area (Å²) in [7, 11) is 5.17. The zero-order valence-electron chi connectivity index (χ0n) is 16.1. The number of hydrogen-bond donors (Lipinski definition) is 2. The van der Waals surface area contributed by atoms with Gasteiger partial charge in [0.25, 0.3) is 5.91 Å². The first kappa shape index (κ1) is 19.6. The minimum atomic E-state index is -0.165. The third kappa shape index (κ3) is 3.75. The molecular formula is C20H21ClN6O. The molecule has 0 fully saturated rings. The van der Waals surface area contributed by atoms with Crippen molar-refractivity contribution in [2.45, 2.75) is 6.92 Å². The molecule has 0 radical (unpaired) electrons. The summed E-state index contributed by atoms with van der Waals surface area (Å²) >= 11 is 6.39. The maximum atomic E-state index is 12.3. The Morgan fingerprint density at radius 3 is 2.43 bits per heavy atom. The molecule has 0 aliphatic heterocycles. The highest BCUT2D eigenvalue weighted by Crippen LogP contribution is 2.35. The van der Waals surface area contributed by atoms with E-state index in [4.69, 9.17) is 17.3 Å². The molecule has 0 saturated heterocycles. The number of pyridine rings is 1. The van der Waals surface area contributed by atoms with Crippen LogP contribution in [0.25, 0.3) is 22.4 Å². The molecule has 0 bridgehead atoms. The van der Waals surface area contributed by atoms with Gasteiger partial charge in [-0.05, 0) is 31.2 Å². The molecule has 3 N–H and O–H groups in total. The fraction of sp³-hybridized carbons (Fsp3) is 0.200. The Labute approximate surface area is 168 Å². The van der Waals surface area contributed by atoms with Crippen LogP contribution < -0.4 is 11.1 Å². The van der Waals surface area contributed by atoms with Crippen LogP contribution >= 0.6 is 11.6 Å². The highest BCUT2D eigenvalue weighted by molar-refractivity contribution is 6.34. The monoisotopic (exact) mass is 396 g/mol. The van der Waals surface area contributed by atoms with Crippen LogP contribution in [0.4, 0.5) is 11.8 Å². The minimum absolute atomic E-state index is 0.165. The highest BCUT2D eigenvalue weighted by Gasteiger charge is 2.18. The fourth-order valence-electron chi connectivity index (χ4n) is 2.92. The third-order valence-corrected chi connectivity index (χ3v) is 4.61. The van der Waals surface area contributed by atoms with Crippen LogP contribution in [0.1, 0.15) is 16.1 Å². The van der Waals surface area contributed by atoms with Gasteiger partial charge in [-0.15, -0.1) is 0 Å². The van der Waals surface area contributed by atoms with Gasteiger partial charge in [-0.25, -0.2) is 15.0 Å². The van der Waals surface area contributed by atoms with Gasteiger partial charge >= 0.3 is 0 Å². The van der Waals surface area contributed by atoms with Crippen molar-refractivity contribution in [3.8, 4) is 22.4 Å². The average molecular weight is 397 g/mol. The topological polar surface area (TPSA) is 97.0 Å². The van der Waals surface area contributed by atoms with Gasteiger partial charge < -0.3 is 16.0 Å². The summed E-state index contributed by atoms with van der Waals surface area (Å²) < 4.78 is 0. The van der Waals surface area contributed by atoms with E-state index in [-0.39, 0.29) is 11.9 Å². The molecule has 3 aromatic rings. The lowest BCUT2D eigenvalue weighted by Gasteiger charge is -2.15.